The lowest BCUT2D eigenvalue weighted by atomic mass is 10.1. The number of aromatic amines is 1. The van der Waals surface area contributed by atoms with Crippen molar-refractivity contribution < 1.29 is 5.11 Å². The van der Waals surface area contributed by atoms with E-state index in [9.17, 15) is 5.11 Å². The zero-order valence-corrected chi connectivity index (χ0v) is 10.8. The van der Waals surface area contributed by atoms with Crippen LogP contribution in [0.15, 0.2) is 27.7 Å². The molecule has 90 valence electrons. The molecule has 3 rings (SSSR count). The van der Waals surface area contributed by atoms with Crippen LogP contribution in [0.2, 0.25) is 0 Å². The van der Waals surface area contributed by atoms with E-state index in [1.54, 1.807) is 12.3 Å². The van der Waals surface area contributed by atoms with Crippen molar-refractivity contribution in [2.45, 2.75) is 0 Å². The van der Waals surface area contributed by atoms with Crippen LogP contribution in [0.5, 0.6) is 5.88 Å². The maximum Gasteiger partial charge on any atom is 0.238 e. The van der Waals surface area contributed by atoms with Gasteiger partial charge in [0.05, 0.1) is 5.69 Å². The minimum atomic E-state index is -0.114. The van der Waals surface area contributed by atoms with Crippen LogP contribution >= 0.6 is 15.9 Å². The molecule has 2 aromatic rings. The van der Waals surface area contributed by atoms with Crippen LogP contribution in [0, 0.1) is 0 Å². The Morgan fingerprint density at radius 3 is 2.94 bits per heavy atom. The fourth-order valence-corrected chi connectivity index (χ4v) is 2.19. The number of aliphatic imine (C=N–C) groups is 1. The third kappa shape index (κ3) is 1.80. The molecular weight excluding hydrogens is 296 g/mol. The number of imidazole rings is 1. The molecule has 0 aliphatic carbocycles. The second kappa shape index (κ2) is 3.99. The molecule has 0 atom stereocenters. The van der Waals surface area contributed by atoms with Crippen molar-refractivity contribution in [3.05, 3.63) is 33.9 Å². The maximum absolute atomic E-state index is 9.57. The van der Waals surface area contributed by atoms with Crippen molar-refractivity contribution in [3.63, 3.8) is 0 Å². The molecule has 5 nitrogen and oxygen atoms in total. The molecule has 1 aliphatic heterocycles. The predicted molar refractivity (Wildman–Crippen MR) is 74.8 cm³/mol. The summed E-state index contributed by atoms with van der Waals surface area (Å²) in [5, 5.41) is 9.57. The lowest BCUT2D eigenvalue weighted by Gasteiger charge is -2.00. The van der Waals surface area contributed by atoms with Gasteiger partial charge in [0, 0.05) is 21.8 Å². The summed E-state index contributed by atoms with van der Waals surface area (Å²) in [5.41, 5.74) is 8.74. The first kappa shape index (κ1) is 11.0. The average molecular weight is 305 g/mol. The number of H-pyrrole nitrogens is 1. The van der Waals surface area contributed by atoms with Crippen molar-refractivity contribution in [2.24, 2.45) is 4.99 Å². The number of allylic oxidation sites excluding steroid dienone is 1. The van der Waals surface area contributed by atoms with Crippen molar-refractivity contribution in [3.8, 4) is 5.88 Å². The van der Waals surface area contributed by atoms with Crippen molar-refractivity contribution in [2.75, 3.05) is 5.73 Å². The van der Waals surface area contributed by atoms with E-state index in [0.717, 1.165) is 21.3 Å². The van der Waals surface area contributed by atoms with E-state index < -0.39 is 0 Å². The molecule has 4 N–H and O–H groups in total. The minimum absolute atomic E-state index is 0.114. The molecule has 0 spiro atoms. The molecule has 6 heteroatoms. The summed E-state index contributed by atoms with van der Waals surface area (Å²) in [4.78, 5) is 10.8. The SMILES string of the molecule is Nc1nc(O)c(C=C2C=Nc3ccc(Br)cc32)[nH]1. The van der Waals surface area contributed by atoms with E-state index in [0.29, 0.717) is 5.69 Å². The van der Waals surface area contributed by atoms with Crippen molar-refractivity contribution in [1.82, 2.24) is 9.97 Å². The van der Waals surface area contributed by atoms with Gasteiger partial charge in [-0.05, 0) is 24.3 Å². The van der Waals surface area contributed by atoms with Crippen LogP contribution in [0.4, 0.5) is 11.6 Å². The Hall–Kier alpha value is -2.08. The van der Waals surface area contributed by atoms with Gasteiger partial charge in [-0.3, -0.25) is 4.99 Å². The summed E-state index contributed by atoms with van der Waals surface area (Å²) < 4.78 is 0.978. The molecule has 18 heavy (non-hydrogen) atoms. The molecule has 0 saturated carbocycles. The van der Waals surface area contributed by atoms with Crippen LogP contribution in [0.1, 0.15) is 11.3 Å². The van der Waals surface area contributed by atoms with E-state index in [1.165, 1.54) is 0 Å². The molecule has 0 bridgehead atoms. The molecular formula is C12H9BrN4O. The van der Waals surface area contributed by atoms with E-state index in [-0.39, 0.29) is 11.8 Å². The highest BCUT2D eigenvalue weighted by Crippen LogP contribution is 2.35. The van der Waals surface area contributed by atoms with Gasteiger partial charge in [-0.2, -0.15) is 4.98 Å². The molecule has 0 saturated heterocycles. The molecule has 1 aromatic heterocycles. The van der Waals surface area contributed by atoms with Crippen LogP contribution in [0.25, 0.3) is 11.6 Å². The summed E-state index contributed by atoms with van der Waals surface area (Å²) in [6, 6.07) is 5.84. The van der Waals surface area contributed by atoms with Gasteiger partial charge in [0.15, 0.2) is 0 Å². The summed E-state index contributed by atoms with van der Waals surface area (Å²) in [6.45, 7) is 0. The van der Waals surface area contributed by atoms with Crippen molar-refractivity contribution >= 4 is 45.4 Å². The predicted octanol–water partition coefficient (Wildman–Crippen LogP) is 2.72. The van der Waals surface area contributed by atoms with Gasteiger partial charge in [-0.15, -0.1) is 0 Å². The third-order valence-corrected chi connectivity index (χ3v) is 3.14. The lowest BCUT2D eigenvalue weighted by Crippen LogP contribution is -1.85. The Morgan fingerprint density at radius 1 is 1.39 bits per heavy atom. The smallest absolute Gasteiger partial charge is 0.238 e. The number of rotatable bonds is 1. The van der Waals surface area contributed by atoms with Gasteiger partial charge < -0.3 is 15.8 Å². The highest BCUT2D eigenvalue weighted by molar-refractivity contribution is 9.10. The zero-order chi connectivity index (χ0) is 12.7. The van der Waals surface area contributed by atoms with Gasteiger partial charge in [-0.1, -0.05) is 15.9 Å². The number of nitrogens with zero attached hydrogens (tertiary/aromatic N) is 2. The van der Waals surface area contributed by atoms with E-state index in [4.69, 9.17) is 5.73 Å². The largest absolute Gasteiger partial charge is 0.492 e. The Labute approximate surface area is 111 Å². The second-order valence-corrected chi connectivity index (χ2v) is 4.79. The zero-order valence-electron chi connectivity index (χ0n) is 9.18. The van der Waals surface area contributed by atoms with Crippen LogP contribution < -0.4 is 5.73 Å². The molecule has 1 aromatic carbocycles. The van der Waals surface area contributed by atoms with E-state index in [1.807, 2.05) is 18.2 Å². The van der Waals surface area contributed by atoms with Gasteiger partial charge in [0.25, 0.3) is 0 Å². The molecule has 2 heterocycles. The fourth-order valence-electron chi connectivity index (χ4n) is 1.83. The number of hydrogen-bond acceptors (Lipinski definition) is 4. The number of benzene rings is 1. The van der Waals surface area contributed by atoms with E-state index in [2.05, 4.69) is 30.9 Å². The number of nitrogens with one attached hydrogen (secondary N) is 1. The summed E-state index contributed by atoms with van der Waals surface area (Å²) >= 11 is 3.42. The fraction of sp³-hybridized carbons (Fsp3) is 0. The van der Waals surface area contributed by atoms with Crippen LogP contribution in [0.3, 0.4) is 0 Å². The summed E-state index contributed by atoms with van der Waals surface area (Å²) in [7, 11) is 0. The van der Waals surface area contributed by atoms with E-state index >= 15 is 0 Å². The number of hydrogen-bond donors (Lipinski definition) is 3. The topological polar surface area (TPSA) is 87.3 Å². The quantitative estimate of drug-likeness (QED) is 0.757. The number of nitrogen functional groups attached to an aromatic ring is 1. The van der Waals surface area contributed by atoms with Gasteiger partial charge in [0.2, 0.25) is 11.8 Å². The molecule has 0 amide bonds. The number of aromatic nitrogens is 2. The summed E-state index contributed by atoms with van der Waals surface area (Å²) in [5.74, 6) is 0.0700. The molecule has 0 radical (unpaired) electrons. The highest BCUT2D eigenvalue weighted by Gasteiger charge is 2.14. The number of halogens is 1. The Morgan fingerprint density at radius 2 is 2.22 bits per heavy atom. The lowest BCUT2D eigenvalue weighted by molar-refractivity contribution is 0.456. The Balaban J connectivity index is 2.09. The van der Waals surface area contributed by atoms with Crippen LogP contribution in [-0.2, 0) is 0 Å². The van der Waals surface area contributed by atoms with Gasteiger partial charge >= 0.3 is 0 Å². The Kier molecular flexibility index (Phi) is 2.45. The standard InChI is InChI=1S/C12H9BrN4O/c13-7-1-2-9-8(4-7)6(5-15-9)3-10-11(18)17-12(14)16-10/h1-5,18H,(H3,14,16,17). The molecule has 0 fully saturated rings. The van der Waals surface area contributed by atoms with Crippen LogP contribution in [-0.4, -0.2) is 21.3 Å². The third-order valence-electron chi connectivity index (χ3n) is 2.64. The Bertz CT molecular complexity index is 687. The second-order valence-electron chi connectivity index (χ2n) is 3.88. The number of fused-ring (bicyclic) bond motifs is 1. The van der Waals surface area contributed by atoms with Gasteiger partial charge in [0.1, 0.15) is 5.69 Å². The highest BCUT2D eigenvalue weighted by atomic mass is 79.9. The monoisotopic (exact) mass is 304 g/mol. The average Bonchev–Trinajstić information content (AvgIpc) is 2.84. The summed E-state index contributed by atoms with van der Waals surface area (Å²) in [6.07, 6.45) is 3.51. The van der Waals surface area contributed by atoms with Crippen molar-refractivity contribution in [1.29, 1.82) is 0 Å². The first-order valence-electron chi connectivity index (χ1n) is 5.23. The maximum atomic E-state index is 9.57. The molecule has 1 aliphatic rings. The van der Waals surface area contributed by atoms with Gasteiger partial charge in [-0.25, -0.2) is 0 Å². The first-order chi connectivity index (χ1) is 8.63. The number of aromatic hydroxyl groups is 1. The number of nitrogens with two attached hydrogens (primary N) is 1. The number of anilines is 1. The molecule has 0 unspecified atom stereocenters. The minimum Gasteiger partial charge on any atom is -0.492 e. The normalized spacial score (nSPS) is 15.3. The first-order valence-corrected chi connectivity index (χ1v) is 6.03.